The van der Waals surface area contributed by atoms with Gasteiger partial charge in [-0.05, 0) is 43.7 Å². The van der Waals surface area contributed by atoms with Crippen molar-refractivity contribution in [1.82, 2.24) is 40.6 Å². The maximum Gasteiger partial charge on any atom is 0.245 e. The van der Waals surface area contributed by atoms with Gasteiger partial charge < -0.3 is 25.8 Å². The van der Waals surface area contributed by atoms with Gasteiger partial charge in [-0.25, -0.2) is 9.67 Å². The van der Waals surface area contributed by atoms with Crippen LogP contribution in [-0.4, -0.2) is 73.5 Å². The SMILES string of the molecule is Cc1nc2n(n1)CCN(C(=O)[C@@H]1CCC(=O)N1)CCCC(=O)N[C@H](Cc1c[nH]c3ccccc13)C(=O)N[C@H]2CC(C)C. The van der Waals surface area contributed by atoms with E-state index in [0.29, 0.717) is 63.4 Å². The van der Waals surface area contributed by atoms with Gasteiger partial charge in [-0.2, -0.15) is 5.10 Å². The van der Waals surface area contributed by atoms with Gasteiger partial charge in [0.2, 0.25) is 23.6 Å². The summed E-state index contributed by atoms with van der Waals surface area (Å²) in [6, 6.07) is 6.06. The summed E-state index contributed by atoms with van der Waals surface area (Å²) >= 11 is 0. The number of benzene rings is 1. The van der Waals surface area contributed by atoms with Crippen molar-refractivity contribution in [2.75, 3.05) is 13.1 Å². The lowest BCUT2D eigenvalue weighted by atomic mass is 10.0. The van der Waals surface area contributed by atoms with Crippen molar-refractivity contribution < 1.29 is 19.2 Å². The Morgan fingerprint density at radius 3 is 2.55 bits per heavy atom. The Bertz CT molecular complexity index is 1460. The standard InChI is InChI=1S/C30H40N8O4/c1-18(2)15-24-28-32-19(3)36-38(28)14-13-37(30(42)23-10-11-27(40)33-23)12-6-9-26(39)34-25(29(41)35-24)16-20-17-31-22-8-5-4-7-21(20)22/h4-5,7-8,17-18,23-25,31H,6,9-16H2,1-3H3,(H,33,40)(H,34,39)(H,35,41)/t23-,24-,25+/m0/s1. The fourth-order valence-corrected chi connectivity index (χ4v) is 5.86. The monoisotopic (exact) mass is 576 g/mol. The maximum absolute atomic E-state index is 13.8. The second kappa shape index (κ2) is 12.7. The molecule has 2 aliphatic heterocycles. The molecular weight excluding hydrogens is 536 g/mol. The molecule has 0 unspecified atom stereocenters. The number of rotatable bonds is 5. The first-order valence-corrected chi connectivity index (χ1v) is 14.8. The predicted molar refractivity (Wildman–Crippen MR) is 156 cm³/mol. The van der Waals surface area contributed by atoms with Crippen molar-refractivity contribution >= 4 is 34.5 Å². The average Bonchev–Trinajstić information content (AvgIpc) is 3.67. The number of amides is 4. The number of aryl methyl sites for hydroxylation is 1. The van der Waals surface area contributed by atoms with Crippen LogP contribution in [0.4, 0.5) is 0 Å². The summed E-state index contributed by atoms with van der Waals surface area (Å²) in [4.78, 5) is 61.8. The smallest absolute Gasteiger partial charge is 0.245 e. The van der Waals surface area contributed by atoms with Crippen LogP contribution in [0.25, 0.3) is 10.9 Å². The molecule has 3 aromatic rings. The number of nitrogens with one attached hydrogen (secondary N) is 4. The fraction of sp³-hybridized carbons (Fsp3) is 0.533. The van der Waals surface area contributed by atoms with Gasteiger partial charge in [0.15, 0.2) is 0 Å². The van der Waals surface area contributed by atoms with E-state index in [2.05, 4.69) is 44.9 Å². The molecule has 1 aromatic carbocycles. The van der Waals surface area contributed by atoms with Gasteiger partial charge in [0.1, 0.15) is 23.7 Å². The summed E-state index contributed by atoms with van der Waals surface area (Å²) in [5.41, 5.74) is 1.89. The lowest BCUT2D eigenvalue weighted by Gasteiger charge is -2.28. The zero-order chi connectivity index (χ0) is 29.8. The number of para-hydroxylation sites is 1. The fourth-order valence-electron chi connectivity index (χ4n) is 5.86. The molecule has 1 saturated heterocycles. The Kier molecular flexibility index (Phi) is 8.89. The highest BCUT2D eigenvalue weighted by molar-refractivity contribution is 5.91. The first kappa shape index (κ1) is 29.3. The van der Waals surface area contributed by atoms with Crippen LogP contribution >= 0.6 is 0 Å². The van der Waals surface area contributed by atoms with Crippen LogP contribution in [-0.2, 0) is 32.1 Å². The van der Waals surface area contributed by atoms with Crippen LogP contribution in [0.3, 0.4) is 0 Å². The molecule has 42 heavy (non-hydrogen) atoms. The highest BCUT2D eigenvalue weighted by Gasteiger charge is 2.32. The maximum atomic E-state index is 13.8. The second-order valence-corrected chi connectivity index (χ2v) is 11.7. The predicted octanol–water partition coefficient (Wildman–Crippen LogP) is 1.90. The third kappa shape index (κ3) is 6.80. The van der Waals surface area contributed by atoms with E-state index in [4.69, 9.17) is 0 Å². The van der Waals surface area contributed by atoms with Crippen LogP contribution in [0.5, 0.6) is 0 Å². The molecule has 3 atom stereocenters. The highest BCUT2D eigenvalue weighted by Crippen LogP contribution is 2.23. The first-order chi connectivity index (χ1) is 20.2. The van der Waals surface area contributed by atoms with E-state index < -0.39 is 18.1 Å². The Balaban J connectivity index is 1.45. The Hall–Kier alpha value is -4.22. The Morgan fingerprint density at radius 2 is 1.79 bits per heavy atom. The van der Waals surface area contributed by atoms with Crippen molar-refractivity contribution in [3.05, 3.63) is 47.7 Å². The molecular formula is C30H40N8O4. The molecule has 2 aromatic heterocycles. The quantitative estimate of drug-likeness (QED) is 0.364. The van der Waals surface area contributed by atoms with Gasteiger partial charge >= 0.3 is 0 Å². The molecule has 1 fully saturated rings. The minimum Gasteiger partial charge on any atom is -0.361 e. The van der Waals surface area contributed by atoms with Gasteiger partial charge in [0, 0.05) is 49.5 Å². The van der Waals surface area contributed by atoms with E-state index in [1.807, 2.05) is 30.5 Å². The summed E-state index contributed by atoms with van der Waals surface area (Å²) in [5, 5.41) is 14.5. The topological polar surface area (TPSA) is 154 Å². The summed E-state index contributed by atoms with van der Waals surface area (Å²) in [5.74, 6) is 0.608. The number of nitrogens with zero attached hydrogens (tertiary/aromatic N) is 4. The van der Waals surface area contributed by atoms with Crippen molar-refractivity contribution in [3.63, 3.8) is 0 Å². The van der Waals surface area contributed by atoms with E-state index in [9.17, 15) is 19.2 Å². The van der Waals surface area contributed by atoms with Crippen molar-refractivity contribution in [2.24, 2.45) is 5.92 Å². The number of hydrogen-bond acceptors (Lipinski definition) is 6. The van der Waals surface area contributed by atoms with Crippen LogP contribution in [0, 0.1) is 12.8 Å². The van der Waals surface area contributed by atoms with E-state index in [1.165, 1.54) is 0 Å². The van der Waals surface area contributed by atoms with Crippen molar-refractivity contribution in [1.29, 1.82) is 0 Å². The highest BCUT2D eigenvalue weighted by atomic mass is 16.2. The number of fused-ring (bicyclic) bond motifs is 2. The molecule has 0 aliphatic carbocycles. The molecule has 12 heteroatoms. The lowest BCUT2D eigenvalue weighted by Crippen LogP contribution is -2.50. The van der Waals surface area contributed by atoms with E-state index >= 15 is 0 Å². The van der Waals surface area contributed by atoms with Gasteiger partial charge in [-0.15, -0.1) is 0 Å². The summed E-state index contributed by atoms with van der Waals surface area (Å²) in [6.45, 7) is 7.01. The lowest BCUT2D eigenvalue weighted by molar-refractivity contribution is -0.135. The normalized spacial score (nSPS) is 22.4. The number of hydrogen-bond donors (Lipinski definition) is 4. The Labute approximate surface area is 245 Å². The van der Waals surface area contributed by atoms with Gasteiger partial charge in [-0.1, -0.05) is 32.0 Å². The van der Waals surface area contributed by atoms with E-state index in [-0.39, 0.29) is 36.0 Å². The molecule has 0 bridgehead atoms. The molecule has 12 nitrogen and oxygen atoms in total. The molecule has 2 aliphatic rings. The van der Waals surface area contributed by atoms with Crippen LogP contribution in [0.1, 0.15) is 69.2 Å². The third-order valence-corrected chi connectivity index (χ3v) is 7.91. The Morgan fingerprint density at radius 1 is 1.00 bits per heavy atom. The summed E-state index contributed by atoms with van der Waals surface area (Å²) in [7, 11) is 0. The summed E-state index contributed by atoms with van der Waals surface area (Å²) < 4.78 is 1.77. The molecule has 4 heterocycles. The number of aromatic nitrogens is 4. The zero-order valence-electron chi connectivity index (χ0n) is 24.5. The molecule has 4 amide bonds. The molecule has 5 rings (SSSR count). The second-order valence-electron chi connectivity index (χ2n) is 11.7. The zero-order valence-corrected chi connectivity index (χ0v) is 24.5. The van der Waals surface area contributed by atoms with Gasteiger partial charge in [0.05, 0.1) is 12.6 Å². The third-order valence-electron chi connectivity index (χ3n) is 7.91. The number of H-pyrrole nitrogens is 1. The minimum absolute atomic E-state index is 0.127. The van der Waals surface area contributed by atoms with Crippen molar-refractivity contribution in [2.45, 2.75) is 84.0 Å². The van der Waals surface area contributed by atoms with Crippen LogP contribution < -0.4 is 16.0 Å². The minimum atomic E-state index is -0.807. The number of carbonyl (C=O) groups is 4. The van der Waals surface area contributed by atoms with Crippen LogP contribution in [0.15, 0.2) is 30.5 Å². The number of aromatic amines is 1. The van der Waals surface area contributed by atoms with E-state index in [1.54, 1.807) is 16.5 Å². The van der Waals surface area contributed by atoms with Gasteiger partial charge in [-0.3, -0.25) is 19.2 Å². The van der Waals surface area contributed by atoms with Crippen molar-refractivity contribution in [3.8, 4) is 0 Å². The molecule has 0 saturated carbocycles. The number of carbonyl (C=O) groups excluding carboxylic acids is 4. The molecule has 0 spiro atoms. The van der Waals surface area contributed by atoms with Crippen LogP contribution in [0.2, 0.25) is 0 Å². The molecule has 4 N–H and O–H groups in total. The largest absolute Gasteiger partial charge is 0.361 e. The van der Waals surface area contributed by atoms with Gasteiger partial charge in [0.25, 0.3) is 0 Å². The summed E-state index contributed by atoms with van der Waals surface area (Å²) in [6.07, 6.45) is 4.17. The molecule has 224 valence electrons. The first-order valence-electron chi connectivity index (χ1n) is 14.8. The average molecular weight is 577 g/mol. The molecule has 0 radical (unpaired) electrons. The van der Waals surface area contributed by atoms with E-state index in [0.717, 1.165) is 16.5 Å².